The number of hydrogen-bond acceptors (Lipinski definition) is 5. The number of rotatable bonds is 2. The van der Waals surface area contributed by atoms with Crippen molar-refractivity contribution in [1.82, 2.24) is 14.3 Å². The van der Waals surface area contributed by atoms with E-state index in [0.29, 0.717) is 36.6 Å². The first-order chi connectivity index (χ1) is 12.6. The van der Waals surface area contributed by atoms with Crippen LogP contribution in [0.1, 0.15) is 28.9 Å². The molecule has 0 spiro atoms. The van der Waals surface area contributed by atoms with E-state index < -0.39 is 11.0 Å². The van der Waals surface area contributed by atoms with E-state index in [1.54, 1.807) is 20.9 Å². The van der Waals surface area contributed by atoms with Crippen molar-refractivity contribution in [2.45, 2.75) is 18.3 Å². The lowest BCUT2D eigenvalue weighted by Crippen LogP contribution is -2.45. The first kappa shape index (κ1) is 16.5. The van der Waals surface area contributed by atoms with Gasteiger partial charge in [0.15, 0.2) is 4.96 Å². The van der Waals surface area contributed by atoms with E-state index in [9.17, 15) is 14.9 Å². The third-order valence-corrected chi connectivity index (χ3v) is 5.74. The van der Waals surface area contributed by atoms with E-state index in [4.69, 9.17) is 0 Å². The summed E-state index contributed by atoms with van der Waals surface area (Å²) in [6.07, 6.45) is 2.89. The molecule has 26 heavy (non-hydrogen) atoms. The first-order valence-electron chi connectivity index (χ1n) is 8.36. The standard InChI is InChI=1S/C19H16N4O2S/c20-13-19(14-4-2-1-3-5-14)6-8-22(9-7-19)17(25)15-12-16(24)21-18-23(15)10-11-26-18/h1-5,10-12H,6-9H2. The number of benzene rings is 1. The number of fused-ring (bicyclic) bond motifs is 1. The highest BCUT2D eigenvalue weighted by atomic mass is 32.1. The highest BCUT2D eigenvalue weighted by Crippen LogP contribution is 2.35. The molecule has 0 N–H and O–H groups in total. The van der Waals surface area contributed by atoms with Crippen molar-refractivity contribution in [3.63, 3.8) is 0 Å². The second-order valence-corrected chi connectivity index (χ2v) is 7.26. The Morgan fingerprint density at radius 2 is 1.96 bits per heavy atom. The van der Waals surface area contributed by atoms with Gasteiger partial charge in [-0.1, -0.05) is 30.3 Å². The molecule has 6 nitrogen and oxygen atoms in total. The summed E-state index contributed by atoms with van der Waals surface area (Å²) >= 11 is 1.32. The van der Waals surface area contributed by atoms with Crippen molar-refractivity contribution in [3.8, 4) is 6.07 Å². The van der Waals surface area contributed by atoms with Gasteiger partial charge < -0.3 is 4.90 Å². The van der Waals surface area contributed by atoms with Gasteiger partial charge in [-0.15, -0.1) is 11.3 Å². The molecule has 1 aliphatic heterocycles. The second kappa shape index (κ2) is 6.39. The van der Waals surface area contributed by atoms with Crippen LogP contribution in [0.4, 0.5) is 0 Å². The number of hydrogen-bond donors (Lipinski definition) is 0. The third-order valence-electron chi connectivity index (χ3n) is 4.98. The van der Waals surface area contributed by atoms with Crippen molar-refractivity contribution in [1.29, 1.82) is 5.26 Å². The lowest BCUT2D eigenvalue weighted by Gasteiger charge is -2.37. The molecule has 2 aromatic heterocycles. The fourth-order valence-electron chi connectivity index (χ4n) is 3.49. The Morgan fingerprint density at radius 3 is 2.65 bits per heavy atom. The summed E-state index contributed by atoms with van der Waals surface area (Å²) in [5.74, 6) is -0.197. The number of piperidine rings is 1. The minimum absolute atomic E-state index is 0.197. The van der Waals surface area contributed by atoms with Crippen molar-refractivity contribution in [3.05, 3.63) is 69.6 Å². The minimum Gasteiger partial charge on any atom is -0.337 e. The number of nitrogens with zero attached hydrogens (tertiary/aromatic N) is 4. The monoisotopic (exact) mass is 364 g/mol. The molecule has 0 aliphatic carbocycles. The van der Waals surface area contributed by atoms with E-state index >= 15 is 0 Å². The van der Waals surface area contributed by atoms with Crippen LogP contribution in [-0.2, 0) is 5.41 Å². The molecular weight excluding hydrogens is 348 g/mol. The Kier molecular flexibility index (Phi) is 4.05. The molecule has 4 rings (SSSR count). The van der Waals surface area contributed by atoms with Gasteiger partial charge in [-0.2, -0.15) is 10.2 Å². The lowest BCUT2D eigenvalue weighted by atomic mass is 9.74. The number of nitriles is 1. The van der Waals surface area contributed by atoms with Crippen LogP contribution in [0.25, 0.3) is 4.96 Å². The topological polar surface area (TPSA) is 78.5 Å². The van der Waals surface area contributed by atoms with Crippen LogP contribution in [0.2, 0.25) is 0 Å². The smallest absolute Gasteiger partial charge is 0.274 e. The molecule has 130 valence electrons. The van der Waals surface area contributed by atoms with E-state index in [0.717, 1.165) is 5.56 Å². The zero-order valence-electron chi connectivity index (χ0n) is 14.0. The molecule has 0 atom stereocenters. The zero-order valence-corrected chi connectivity index (χ0v) is 14.8. The maximum atomic E-state index is 13.0. The Balaban J connectivity index is 1.60. The van der Waals surface area contributed by atoms with Gasteiger partial charge in [0, 0.05) is 30.7 Å². The van der Waals surface area contributed by atoms with Crippen LogP contribution >= 0.6 is 11.3 Å². The summed E-state index contributed by atoms with van der Waals surface area (Å²) in [7, 11) is 0. The fourth-order valence-corrected chi connectivity index (χ4v) is 4.21. The number of carbonyl (C=O) groups excluding carboxylic acids is 1. The van der Waals surface area contributed by atoms with Gasteiger partial charge in [0.1, 0.15) is 5.69 Å². The summed E-state index contributed by atoms with van der Waals surface area (Å²) in [5.41, 5.74) is 0.342. The molecule has 1 fully saturated rings. The lowest BCUT2D eigenvalue weighted by molar-refractivity contribution is 0.0684. The largest absolute Gasteiger partial charge is 0.337 e. The van der Waals surface area contributed by atoms with Gasteiger partial charge in [0.2, 0.25) is 0 Å². The van der Waals surface area contributed by atoms with Crippen LogP contribution in [0.3, 0.4) is 0 Å². The van der Waals surface area contributed by atoms with Crippen LogP contribution in [-0.4, -0.2) is 33.3 Å². The Labute approximate surface area is 154 Å². The molecule has 1 aromatic carbocycles. The number of carbonyl (C=O) groups is 1. The first-order valence-corrected chi connectivity index (χ1v) is 9.24. The highest BCUT2D eigenvalue weighted by Gasteiger charge is 2.38. The fraction of sp³-hybridized carbons (Fsp3) is 0.263. The summed E-state index contributed by atoms with van der Waals surface area (Å²) in [4.78, 5) is 30.9. The van der Waals surface area contributed by atoms with Gasteiger partial charge in [0.05, 0.1) is 11.5 Å². The van der Waals surface area contributed by atoms with Gasteiger partial charge in [-0.3, -0.25) is 14.0 Å². The highest BCUT2D eigenvalue weighted by molar-refractivity contribution is 7.15. The van der Waals surface area contributed by atoms with Crippen molar-refractivity contribution >= 4 is 22.2 Å². The number of likely N-dealkylation sites (tertiary alicyclic amines) is 1. The second-order valence-electron chi connectivity index (χ2n) is 6.39. The molecule has 0 radical (unpaired) electrons. The van der Waals surface area contributed by atoms with E-state index in [1.165, 1.54) is 17.4 Å². The van der Waals surface area contributed by atoms with Crippen LogP contribution in [0.15, 0.2) is 52.8 Å². The molecule has 1 aliphatic rings. The molecule has 3 heterocycles. The molecular formula is C19H16N4O2S. The number of amides is 1. The van der Waals surface area contributed by atoms with Crippen LogP contribution < -0.4 is 5.56 Å². The maximum Gasteiger partial charge on any atom is 0.274 e. The summed E-state index contributed by atoms with van der Waals surface area (Å²) in [6.45, 7) is 0.952. The van der Waals surface area contributed by atoms with Crippen LogP contribution in [0, 0.1) is 11.3 Å². The molecule has 1 amide bonds. The molecule has 0 unspecified atom stereocenters. The predicted octanol–water partition coefficient (Wildman–Crippen LogP) is 2.45. The number of thiazole rings is 1. The normalized spacial score (nSPS) is 16.3. The average molecular weight is 364 g/mol. The van der Waals surface area contributed by atoms with Crippen molar-refractivity contribution in [2.24, 2.45) is 0 Å². The van der Waals surface area contributed by atoms with Crippen LogP contribution in [0.5, 0.6) is 0 Å². The summed E-state index contributed by atoms with van der Waals surface area (Å²) in [6, 6.07) is 13.5. The van der Waals surface area contributed by atoms with E-state index in [1.807, 2.05) is 30.3 Å². The molecule has 0 saturated carbocycles. The van der Waals surface area contributed by atoms with Gasteiger partial charge in [0.25, 0.3) is 11.5 Å². The zero-order chi connectivity index (χ0) is 18.1. The Morgan fingerprint density at radius 1 is 1.23 bits per heavy atom. The van der Waals surface area contributed by atoms with Crippen molar-refractivity contribution < 1.29 is 4.79 Å². The maximum absolute atomic E-state index is 13.0. The Bertz CT molecular complexity index is 1060. The Hall–Kier alpha value is -2.98. The van der Waals surface area contributed by atoms with E-state index in [2.05, 4.69) is 11.1 Å². The summed E-state index contributed by atoms with van der Waals surface area (Å²) < 4.78 is 1.65. The van der Waals surface area contributed by atoms with Gasteiger partial charge in [-0.05, 0) is 18.4 Å². The molecule has 1 saturated heterocycles. The third kappa shape index (κ3) is 2.68. The molecule has 3 aromatic rings. The molecule has 7 heteroatoms. The minimum atomic E-state index is -0.565. The molecule has 0 bridgehead atoms. The summed E-state index contributed by atoms with van der Waals surface area (Å²) in [5, 5.41) is 11.6. The SMILES string of the molecule is N#CC1(c2ccccc2)CCN(C(=O)c2cc(=O)nc3sccn23)CC1. The van der Waals surface area contributed by atoms with E-state index in [-0.39, 0.29) is 5.91 Å². The number of aromatic nitrogens is 2. The van der Waals surface area contributed by atoms with Gasteiger partial charge >= 0.3 is 0 Å². The van der Waals surface area contributed by atoms with Crippen molar-refractivity contribution in [2.75, 3.05) is 13.1 Å². The van der Waals surface area contributed by atoms with Gasteiger partial charge in [-0.25, -0.2) is 0 Å². The quantitative estimate of drug-likeness (QED) is 0.700. The predicted molar refractivity (Wildman–Crippen MR) is 98.2 cm³/mol. The average Bonchev–Trinajstić information content (AvgIpc) is 3.16.